The molecule has 2 heterocycles. The summed E-state index contributed by atoms with van der Waals surface area (Å²) in [7, 11) is -3.74. The van der Waals surface area contributed by atoms with Crippen LogP contribution in [0.3, 0.4) is 0 Å². The molecule has 1 aromatic carbocycles. The number of nitrogens with one attached hydrogen (secondary N) is 1. The monoisotopic (exact) mass is 418 g/mol. The lowest BCUT2D eigenvalue weighted by Crippen LogP contribution is -2.28. The van der Waals surface area contributed by atoms with Crippen LogP contribution in [0.15, 0.2) is 39.6 Å². The summed E-state index contributed by atoms with van der Waals surface area (Å²) in [6.07, 6.45) is -3.26. The van der Waals surface area contributed by atoms with Gasteiger partial charge in [-0.15, -0.1) is 13.2 Å². The minimum absolute atomic E-state index is 0.0755. The van der Waals surface area contributed by atoms with Crippen LogP contribution in [-0.2, 0) is 10.0 Å². The minimum atomic E-state index is -4.81. The number of aryl methyl sites for hydroxylation is 1. The average molecular weight is 418 g/mol. The first kappa shape index (κ1) is 20.2. The number of nitrogens with zero attached hydrogens (tertiary/aromatic N) is 1. The number of anilines is 1. The first-order chi connectivity index (χ1) is 13.1. The second kappa shape index (κ2) is 7.47. The lowest BCUT2D eigenvalue weighted by atomic mass is 10.3. The van der Waals surface area contributed by atoms with Crippen molar-refractivity contribution >= 4 is 21.6 Å². The van der Waals surface area contributed by atoms with E-state index in [1.54, 1.807) is 0 Å². The topological polar surface area (TPSA) is 88.8 Å². The van der Waals surface area contributed by atoms with Crippen LogP contribution in [0.5, 0.6) is 5.75 Å². The molecule has 0 bridgehead atoms. The van der Waals surface area contributed by atoms with Crippen LogP contribution in [0.4, 0.5) is 18.9 Å². The second-order valence-electron chi connectivity index (χ2n) is 6.17. The summed E-state index contributed by atoms with van der Waals surface area (Å²) >= 11 is 0. The van der Waals surface area contributed by atoms with Gasteiger partial charge in [-0.05, 0) is 44.0 Å². The van der Waals surface area contributed by atoms with Gasteiger partial charge in [0.2, 0.25) is 10.0 Å². The van der Waals surface area contributed by atoms with Crippen molar-refractivity contribution in [2.75, 3.05) is 18.4 Å². The summed E-state index contributed by atoms with van der Waals surface area (Å²) in [5.41, 5.74) is 0.192. The van der Waals surface area contributed by atoms with Gasteiger partial charge in [-0.25, -0.2) is 8.42 Å². The van der Waals surface area contributed by atoms with Crippen LogP contribution in [0.2, 0.25) is 0 Å². The molecule has 0 spiro atoms. The molecule has 1 aliphatic rings. The molecule has 1 amide bonds. The smallest absolute Gasteiger partial charge is 0.455 e. The highest BCUT2D eigenvalue weighted by Gasteiger charge is 2.32. The largest absolute Gasteiger partial charge is 0.573 e. The fourth-order valence-corrected chi connectivity index (χ4v) is 4.51. The normalized spacial score (nSPS) is 15.6. The highest BCUT2D eigenvalue weighted by Crippen LogP contribution is 2.27. The van der Waals surface area contributed by atoms with E-state index >= 15 is 0 Å². The summed E-state index contributed by atoms with van der Waals surface area (Å²) in [5, 5.41) is 2.43. The average Bonchev–Trinajstić information content (AvgIpc) is 3.25. The first-order valence-electron chi connectivity index (χ1n) is 8.34. The SMILES string of the molecule is Cc1oc(C(=O)Nc2ccc(OC(F)(F)F)cc2)cc1S(=O)(=O)N1CCCC1. The molecular weight excluding hydrogens is 401 g/mol. The third-order valence-electron chi connectivity index (χ3n) is 4.12. The minimum Gasteiger partial charge on any atom is -0.455 e. The second-order valence-corrected chi connectivity index (χ2v) is 8.07. The number of furan rings is 1. The molecule has 152 valence electrons. The van der Waals surface area contributed by atoms with E-state index in [2.05, 4.69) is 10.1 Å². The van der Waals surface area contributed by atoms with Gasteiger partial charge < -0.3 is 14.5 Å². The molecular formula is C17H17F3N2O5S. The fourth-order valence-electron chi connectivity index (χ4n) is 2.83. The van der Waals surface area contributed by atoms with E-state index in [1.165, 1.54) is 23.4 Å². The molecule has 1 N–H and O–H groups in total. The van der Waals surface area contributed by atoms with E-state index in [4.69, 9.17) is 4.42 Å². The molecule has 0 saturated carbocycles. The quantitative estimate of drug-likeness (QED) is 0.803. The number of halogens is 3. The van der Waals surface area contributed by atoms with Gasteiger partial charge in [0.1, 0.15) is 16.4 Å². The summed E-state index contributed by atoms with van der Waals surface area (Å²) < 4.78 is 72.1. The Kier molecular flexibility index (Phi) is 5.39. The Bertz CT molecular complexity index is 962. The molecule has 7 nitrogen and oxygen atoms in total. The van der Waals surface area contributed by atoms with Gasteiger partial charge in [-0.3, -0.25) is 4.79 Å². The first-order valence-corrected chi connectivity index (χ1v) is 9.78. The van der Waals surface area contributed by atoms with Gasteiger partial charge in [0.15, 0.2) is 5.76 Å². The van der Waals surface area contributed by atoms with Crippen molar-refractivity contribution in [1.82, 2.24) is 4.31 Å². The zero-order valence-corrected chi connectivity index (χ0v) is 15.6. The summed E-state index contributed by atoms with van der Waals surface area (Å²) in [6.45, 7) is 2.28. The number of carbonyl (C=O) groups excluding carboxylic acids is 1. The zero-order valence-electron chi connectivity index (χ0n) is 14.7. The van der Waals surface area contributed by atoms with Crippen molar-refractivity contribution in [1.29, 1.82) is 0 Å². The van der Waals surface area contributed by atoms with Gasteiger partial charge in [0, 0.05) is 24.8 Å². The van der Waals surface area contributed by atoms with Crippen LogP contribution < -0.4 is 10.1 Å². The zero-order chi connectivity index (χ0) is 20.5. The molecule has 28 heavy (non-hydrogen) atoms. The predicted molar refractivity (Wildman–Crippen MR) is 92.5 cm³/mol. The number of sulfonamides is 1. The number of benzene rings is 1. The maximum atomic E-state index is 12.6. The number of alkyl halides is 3. The Morgan fingerprint density at radius 3 is 2.36 bits per heavy atom. The van der Waals surface area contributed by atoms with Gasteiger partial charge in [0.05, 0.1) is 0 Å². The molecule has 1 aliphatic heterocycles. The van der Waals surface area contributed by atoms with E-state index < -0.39 is 28.0 Å². The standard InChI is InChI=1S/C17H17F3N2O5S/c1-11-15(28(24,25)22-8-2-3-9-22)10-14(26-11)16(23)21-12-4-6-13(7-5-12)27-17(18,19)20/h4-7,10H,2-3,8-9H2,1H3,(H,21,23). The van der Waals surface area contributed by atoms with Gasteiger partial charge in [-0.1, -0.05) is 0 Å². The highest BCUT2D eigenvalue weighted by atomic mass is 32.2. The van der Waals surface area contributed by atoms with E-state index in [-0.39, 0.29) is 22.1 Å². The van der Waals surface area contributed by atoms with Crippen molar-refractivity contribution in [3.05, 3.63) is 41.9 Å². The number of ether oxygens (including phenoxy) is 1. The lowest BCUT2D eigenvalue weighted by molar-refractivity contribution is -0.274. The van der Waals surface area contributed by atoms with Crippen LogP contribution in [0, 0.1) is 6.92 Å². The number of hydrogen-bond acceptors (Lipinski definition) is 5. The predicted octanol–water partition coefficient (Wildman–Crippen LogP) is 3.52. The summed E-state index contributed by atoms with van der Waals surface area (Å²) in [5.74, 6) is -1.29. The highest BCUT2D eigenvalue weighted by molar-refractivity contribution is 7.89. The molecule has 11 heteroatoms. The van der Waals surface area contributed by atoms with Crippen molar-refractivity contribution in [3.8, 4) is 5.75 Å². The van der Waals surface area contributed by atoms with Crippen molar-refractivity contribution in [2.45, 2.75) is 31.0 Å². The Morgan fingerprint density at radius 1 is 1.18 bits per heavy atom. The number of amides is 1. The number of rotatable bonds is 5. The maximum Gasteiger partial charge on any atom is 0.573 e. The number of hydrogen-bond donors (Lipinski definition) is 1. The van der Waals surface area contributed by atoms with Crippen molar-refractivity contribution in [3.63, 3.8) is 0 Å². The lowest BCUT2D eigenvalue weighted by Gasteiger charge is -2.14. The third-order valence-corrected chi connectivity index (χ3v) is 6.13. The van der Waals surface area contributed by atoms with Crippen LogP contribution >= 0.6 is 0 Å². The Labute approximate surface area is 159 Å². The molecule has 3 rings (SSSR count). The van der Waals surface area contributed by atoms with Gasteiger partial charge in [-0.2, -0.15) is 4.31 Å². The molecule has 2 aromatic rings. The van der Waals surface area contributed by atoms with Crippen LogP contribution in [-0.4, -0.2) is 38.1 Å². The maximum absolute atomic E-state index is 12.6. The van der Waals surface area contributed by atoms with Crippen molar-refractivity contribution < 1.29 is 35.5 Å². The molecule has 0 radical (unpaired) electrons. The summed E-state index contributed by atoms with van der Waals surface area (Å²) in [6, 6.07) is 5.67. The van der Waals surface area contributed by atoms with E-state index in [9.17, 15) is 26.4 Å². The Hall–Kier alpha value is -2.53. The number of carbonyl (C=O) groups is 1. The van der Waals surface area contributed by atoms with E-state index in [0.717, 1.165) is 31.0 Å². The third kappa shape index (κ3) is 4.47. The van der Waals surface area contributed by atoms with Crippen LogP contribution in [0.25, 0.3) is 0 Å². The van der Waals surface area contributed by atoms with E-state index in [0.29, 0.717) is 13.1 Å². The van der Waals surface area contributed by atoms with Crippen LogP contribution in [0.1, 0.15) is 29.2 Å². The molecule has 0 aliphatic carbocycles. The van der Waals surface area contributed by atoms with Gasteiger partial charge >= 0.3 is 6.36 Å². The Balaban J connectivity index is 1.73. The fraction of sp³-hybridized carbons (Fsp3) is 0.353. The summed E-state index contributed by atoms with van der Waals surface area (Å²) in [4.78, 5) is 12.2. The van der Waals surface area contributed by atoms with Gasteiger partial charge in [0.25, 0.3) is 5.91 Å². The molecule has 1 saturated heterocycles. The molecule has 1 fully saturated rings. The van der Waals surface area contributed by atoms with E-state index in [1.807, 2.05) is 0 Å². The molecule has 0 unspecified atom stereocenters. The Morgan fingerprint density at radius 2 is 1.79 bits per heavy atom. The molecule has 1 aromatic heterocycles. The van der Waals surface area contributed by atoms with Crippen molar-refractivity contribution in [2.24, 2.45) is 0 Å². The molecule has 0 atom stereocenters.